The van der Waals surface area contributed by atoms with Gasteiger partial charge < -0.3 is 10.1 Å². The van der Waals surface area contributed by atoms with E-state index in [4.69, 9.17) is 4.74 Å². The Morgan fingerprint density at radius 2 is 1.55 bits per heavy atom. The summed E-state index contributed by atoms with van der Waals surface area (Å²) in [6.45, 7) is 1.77. The lowest BCUT2D eigenvalue weighted by atomic mass is 10.1. The Hall–Kier alpha value is -4.19. The molecule has 4 aromatic rings. The van der Waals surface area contributed by atoms with Gasteiger partial charge >= 0.3 is 5.97 Å². The van der Waals surface area contributed by atoms with Crippen LogP contribution in [0.4, 0.5) is 5.69 Å². The van der Waals surface area contributed by atoms with Gasteiger partial charge in [0.05, 0.1) is 23.9 Å². The van der Waals surface area contributed by atoms with Crippen LogP contribution in [0, 0.1) is 6.92 Å². The number of methoxy groups -OCH3 is 1. The monoisotopic (exact) mass is 411 g/mol. The summed E-state index contributed by atoms with van der Waals surface area (Å²) >= 11 is 0. The van der Waals surface area contributed by atoms with Crippen molar-refractivity contribution in [1.29, 1.82) is 0 Å². The largest absolute Gasteiger partial charge is 0.465 e. The number of carbonyl (C=O) groups excluding carboxylic acids is 2. The Morgan fingerprint density at radius 1 is 0.871 bits per heavy atom. The highest BCUT2D eigenvalue weighted by Crippen LogP contribution is 2.26. The van der Waals surface area contributed by atoms with Crippen LogP contribution in [-0.2, 0) is 4.74 Å². The highest BCUT2D eigenvalue weighted by Gasteiger charge is 2.20. The molecule has 0 bridgehead atoms. The van der Waals surface area contributed by atoms with E-state index in [0.29, 0.717) is 28.1 Å². The number of hydrogen-bond donors (Lipinski definition) is 1. The van der Waals surface area contributed by atoms with Crippen molar-refractivity contribution in [3.63, 3.8) is 0 Å². The van der Waals surface area contributed by atoms with Crippen molar-refractivity contribution in [2.24, 2.45) is 0 Å². The number of anilines is 1. The van der Waals surface area contributed by atoms with Gasteiger partial charge in [-0.05, 0) is 36.8 Å². The first-order chi connectivity index (χ1) is 15.1. The molecule has 0 saturated carbocycles. The Labute approximate surface area is 180 Å². The molecule has 0 spiro atoms. The molecule has 0 radical (unpaired) electrons. The summed E-state index contributed by atoms with van der Waals surface area (Å²) in [7, 11) is 1.33. The van der Waals surface area contributed by atoms with E-state index in [9.17, 15) is 9.59 Å². The fourth-order valence-electron chi connectivity index (χ4n) is 3.35. The average Bonchev–Trinajstić information content (AvgIpc) is 3.27. The van der Waals surface area contributed by atoms with E-state index in [0.717, 1.165) is 11.3 Å². The zero-order valence-corrected chi connectivity index (χ0v) is 17.2. The molecule has 1 heterocycles. The fourth-order valence-corrected chi connectivity index (χ4v) is 3.35. The third-order valence-corrected chi connectivity index (χ3v) is 5.01. The molecule has 6 heteroatoms. The van der Waals surface area contributed by atoms with Crippen molar-refractivity contribution in [3.05, 3.63) is 102 Å². The second kappa shape index (κ2) is 8.67. The van der Waals surface area contributed by atoms with E-state index >= 15 is 0 Å². The Kier molecular flexibility index (Phi) is 5.62. The van der Waals surface area contributed by atoms with Crippen molar-refractivity contribution < 1.29 is 14.3 Å². The summed E-state index contributed by atoms with van der Waals surface area (Å²) < 4.78 is 6.52. The second-order valence-corrected chi connectivity index (χ2v) is 6.96. The van der Waals surface area contributed by atoms with E-state index in [1.807, 2.05) is 60.7 Å². The molecule has 0 atom stereocenters. The molecule has 0 aliphatic heterocycles. The van der Waals surface area contributed by atoms with Gasteiger partial charge in [0.1, 0.15) is 5.69 Å². The summed E-state index contributed by atoms with van der Waals surface area (Å²) in [6, 6.07) is 24.3. The summed E-state index contributed by atoms with van der Waals surface area (Å²) in [5.74, 6) is -0.762. The quantitative estimate of drug-likeness (QED) is 0.475. The summed E-state index contributed by atoms with van der Waals surface area (Å²) in [5, 5.41) is 7.60. The van der Waals surface area contributed by atoms with E-state index in [-0.39, 0.29) is 5.91 Å². The maximum atomic E-state index is 13.3. The maximum absolute atomic E-state index is 13.3. The normalized spacial score (nSPS) is 10.5. The number of benzene rings is 3. The molecule has 1 aromatic heterocycles. The molecule has 0 unspecified atom stereocenters. The fraction of sp³-hybridized carbons (Fsp3) is 0.0800. The third-order valence-electron chi connectivity index (χ3n) is 5.01. The van der Waals surface area contributed by atoms with Crippen molar-refractivity contribution >= 4 is 17.6 Å². The van der Waals surface area contributed by atoms with Crippen LogP contribution in [0.25, 0.3) is 16.9 Å². The predicted molar refractivity (Wildman–Crippen MR) is 119 cm³/mol. The van der Waals surface area contributed by atoms with Gasteiger partial charge in [0, 0.05) is 17.4 Å². The summed E-state index contributed by atoms with van der Waals surface area (Å²) in [5.41, 5.74) is 4.27. The van der Waals surface area contributed by atoms with Crippen molar-refractivity contribution in [2.45, 2.75) is 6.92 Å². The molecule has 0 aliphatic rings. The van der Waals surface area contributed by atoms with E-state index in [1.165, 1.54) is 7.11 Å². The average molecular weight is 411 g/mol. The molecule has 0 saturated heterocycles. The standard InChI is InChI=1S/C25H21N3O3/c1-17-20(25(30)31-2)14-9-15-22(17)26-24(29)21-16-28(19-12-7-4-8-13-19)27-23(21)18-10-5-3-6-11-18/h3-16H,1-2H3,(H,26,29). The van der Waals surface area contributed by atoms with Crippen molar-refractivity contribution in [1.82, 2.24) is 9.78 Å². The van der Waals surface area contributed by atoms with Gasteiger partial charge in [-0.3, -0.25) is 4.79 Å². The number of carbonyl (C=O) groups is 2. The number of esters is 1. The number of nitrogens with one attached hydrogen (secondary N) is 1. The molecule has 0 aliphatic carbocycles. The highest BCUT2D eigenvalue weighted by molar-refractivity contribution is 6.09. The smallest absolute Gasteiger partial charge is 0.338 e. The Balaban J connectivity index is 1.74. The summed E-state index contributed by atoms with van der Waals surface area (Å²) in [4.78, 5) is 25.3. The predicted octanol–water partition coefficient (Wildman–Crippen LogP) is 4.89. The van der Waals surface area contributed by atoms with Crippen LogP contribution in [0.5, 0.6) is 0 Å². The lowest BCUT2D eigenvalue weighted by Gasteiger charge is -2.11. The zero-order chi connectivity index (χ0) is 21.8. The first-order valence-electron chi connectivity index (χ1n) is 9.78. The van der Waals surface area contributed by atoms with Crippen LogP contribution in [0.3, 0.4) is 0 Å². The van der Waals surface area contributed by atoms with E-state index in [2.05, 4.69) is 10.4 Å². The van der Waals surface area contributed by atoms with Gasteiger partial charge in [0.2, 0.25) is 0 Å². The molecule has 3 aromatic carbocycles. The SMILES string of the molecule is COC(=O)c1cccc(NC(=O)c2cn(-c3ccccc3)nc2-c2ccccc2)c1C. The van der Waals surface area contributed by atoms with E-state index in [1.54, 1.807) is 36.0 Å². The lowest BCUT2D eigenvalue weighted by Crippen LogP contribution is -2.14. The van der Waals surface area contributed by atoms with Gasteiger partial charge in [-0.15, -0.1) is 0 Å². The minimum absolute atomic E-state index is 0.314. The topological polar surface area (TPSA) is 73.2 Å². The molecular weight excluding hydrogens is 390 g/mol. The molecule has 1 N–H and O–H groups in total. The second-order valence-electron chi connectivity index (χ2n) is 6.96. The van der Waals surface area contributed by atoms with Crippen LogP contribution in [0.15, 0.2) is 85.1 Å². The number of amides is 1. The first kappa shape index (κ1) is 20.1. The molecule has 6 nitrogen and oxygen atoms in total. The number of para-hydroxylation sites is 1. The molecule has 154 valence electrons. The number of aromatic nitrogens is 2. The highest BCUT2D eigenvalue weighted by atomic mass is 16.5. The van der Waals surface area contributed by atoms with Crippen molar-refractivity contribution in [2.75, 3.05) is 12.4 Å². The van der Waals surface area contributed by atoms with Gasteiger partial charge in [-0.2, -0.15) is 5.10 Å². The third kappa shape index (κ3) is 4.09. The number of rotatable bonds is 5. The Bertz CT molecular complexity index is 1230. The molecule has 4 rings (SSSR count). The van der Waals surface area contributed by atoms with Gasteiger partial charge in [0.15, 0.2) is 0 Å². The first-order valence-corrected chi connectivity index (χ1v) is 9.78. The zero-order valence-electron chi connectivity index (χ0n) is 17.2. The summed E-state index contributed by atoms with van der Waals surface area (Å²) in [6.07, 6.45) is 1.71. The molecule has 1 amide bonds. The van der Waals surface area contributed by atoms with Crippen LogP contribution in [-0.4, -0.2) is 28.8 Å². The molecular formula is C25H21N3O3. The van der Waals surface area contributed by atoms with Crippen LogP contribution in [0.1, 0.15) is 26.3 Å². The van der Waals surface area contributed by atoms with Gasteiger partial charge in [-0.1, -0.05) is 54.6 Å². The number of hydrogen-bond acceptors (Lipinski definition) is 4. The van der Waals surface area contributed by atoms with Crippen LogP contribution >= 0.6 is 0 Å². The molecule has 31 heavy (non-hydrogen) atoms. The van der Waals surface area contributed by atoms with E-state index < -0.39 is 5.97 Å². The van der Waals surface area contributed by atoms with Gasteiger partial charge in [0.25, 0.3) is 5.91 Å². The lowest BCUT2D eigenvalue weighted by molar-refractivity contribution is 0.0599. The minimum Gasteiger partial charge on any atom is -0.465 e. The molecule has 0 fully saturated rings. The maximum Gasteiger partial charge on any atom is 0.338 e. The number of ether oxygens (including phenoxy) is 1. The van der Waals surface area contributed by atoms with Crippen LogP contribution in [0.2, 0.25) is 0 Å². The van der Waals surface area contributed by atoms with Crippen LogP contribution < -0.4 is 5.32 Å². The number of nitrogens with zero attached hydrogens (tertiary/aromatic N) is 2. The van der Waals surface area contributed by atoms with Crippen molar-refractivity contribution in [3.8, 4) is 16.9 Å². The van der Waals surface area contributed by atoms with Gasteiger partial charge in [-0.25, -0.2) is 9.48 Å². The Morgan fingerprint density at radius 3 is 2.23 bits per heavy atom. The minimum atomic E-state index is -0.449.